The van der Waals surface area contributed by atoms with Crippen molar-refractivity contribution in [1.29, 1.82) is 0 Å². The number of amides is 1. The molecular formula is C22H23N3O6. The summed E-state index contributed by atoms with van der Waals surface area (Å²) in [5.41, 5.74) is 1.09. The van der Waals surface area contributed by atoms with E-state index in [1.54, 1.807) is 49.6 Å². The van der Waals surface area contributed by atoms with E-state index in [9.17, 15) is 9.59 Å². The molecule has 162 valence electrons. The second kappa shape index (κ2) is 9.66. The minimum atomic E-state index is -0.448. The first-order valence-corrected chi connectivity index (χ1v) is 9.31. The maximum atomic E-state index is 12.6. The van der Waals surface area contributed by atoms with Gasteiger partial charge in [0, 0.05) is 17.7 Å². The molecule has 1 amide bonds. The highest BCUT2D eigenvalue weighted by atomic mass is 16.5. The number of nitrogens with one attached hydrogen (secondary N) is 1. The average Bonchev–Trinajstić information content (AvgIpc) is 2.79. The standard InChI is InChI=1S/C22H23N3O6/c1-28-14-5-8-19(30-3)16(11-14)17-7-10-22(27)25(24-17)13-21(26)23-18-12-15(29-2)6-9-20(18)31-4/h5-12H,13H2,1-4H3,(H,23,26). The summed E-state index contributed by atoms with van der Waals surface area (Å²) in [5.74, 6) is 1.74. The Labute approximate surface area is 179 Å². The largest absolute Gasteiger partial charge is 0.497 e. The van der Waals surface area contributed by atoms with E-state index in [1.165, 1.54) is 27.4 Å². The van der Waals surface area contributed by atoms with Gasteiger partial charge in [-0.2, -0.15) is 5.10 Å². The van der Waals surface area contributed by atoms with Gasteiger partial charge in [-0.3, -0.25) is 9.59 Å². The van der Waals surface area contributed by atoms with E-state index in [4.69, 9.17) is 18.9 Å². The Morgan fingerprint density at radius 2 is 1.52 bits per heavy atom. The van der Waals surface area contributed by atoms with Crippen LogP contribution >= 0.6 is 0 Å². The van der Waals surface area contributed by atoms with Crippen LogP contribution in [0, 0.1) is 0 Å². The number of hydrogen-bond donors (Lipinski definition) is 1. The lowest BCUT2D eigenvalue weighted by Crippen LogP contribution is -2.29. The Hall–Kier alpha value is -4.01. The molecule has 2 aromatic carbocycles. The van der Waals surface area contributed by atoms with E-state index in [2.05, 4.69) is 10.4 Å². The summed E-state index contributed by atoms with van der Waals surface area (Å²) in [5, 5.41) is 7.06. The molecule has 1 heterocycles. The van der Waals surface area contributed by atoms with E-state index in [0.717, 1.165) is 4.68 Å². The number of hydrogen-bond acceptors (Lipinski definition) is 7. The van der Waals surface area contributed by atoms with Gasteiger partial charge in [0.1, 0.15) is 29.5 Å². The molecule has 0 saturated carbocycles. The molecule has 0 unspecified atom stereocenters. The normalized spacial score (nSPS) is 10.3. The number of methoxy groups -OCH3 is 4. The summed E-state index contributed by atoms with van der Waals surface area (Å²) in [7, 11) is 6.11. The van der Waals surface area contributed by atoms with Gasteiger partial charge < -0.3 is 24.3 Å². The number of carbonyl (C=O) groups is 1. The molecular weight excluding hydrogens is 402 g/mol. The molecule has 9 heteroatoms. The zero-order chi connectivity index (χ0) is 22.4. The molecule has 0 atom stereocenters. The molecule has 0 spiro atoms. The highest BCUT2D eigenvalue weighted by molar-refractivity contribution is 5.92. The first-order chi connectivity index (χ1) is 15.0. The van der Waals surface area contributed by atoms with Gasteiger partial charge >= 0.3 is 0 Å². The fourth-order valence-electron chi connectivity index (χ4n) is 2.96. The minimum Gasteiger partial charge on any atom is -0.497 e. The monoisotopic (exact) mass is 425 g/mol. The summed E-state index contributed by atoms with van der Waals surface area (Å²) >= 11 is 0. The van der Waals surface area contributed by atoms with E-state index in [0.29, 0.717) is 39.9 Å². The number of anilines is 1. The van der Waals surface area contributed by atoms with Crippen molar-refractivity contribution in [2.24, 2.45) is 0 Å². The van der Waals surface area contributed by atoms with Gasteiger partial charge in [0.15, 0.2) is 0 Å². The first-order valence-electron chi connectivity index (χ1n) is 9.31. The molecule has 9 nitrogen and oxygen atoms in total. The van der Waals surface area contributed by atoms with Crippen LogP contribution in [0.25, 0.3) is 11.3 Å². The third-order valence-electron chi connectivity index (χ3n) is 4.52. The lowest BCUT2D eigenvalue weighted by molar-refractivity contribution is -0.117. The fraction of sp³-hybridized carbons (Fsp3) is 0.227. The number of nitrogens with zero attached hydrogens (tertiary/aromatic N) is 2. The molecule has 0 saturated heterocycles. The Kier molecular flexibility index (Phi) is 6.76. The van der Waals surface area contributed by atoms with Crippen molar-refractivity contribution in [3.05, 3.63) is 58.9 Å². The molecule has 0 radical (unpaired) electrons. The number of ether oxygens (including phenoxy) is 4. The van der Waals surface area contributed by atoms with Crippen LogP contribution in [0.1, 0.15) is 0 Å². The van der Waals surface area contributed by atoms with Crippen molar-refractivity contribution in [1.82, 2.24) is 9.78 Å². The summed E-state index contributed by atoms with van der Waals surface area (Å²) in [4.78, 5) is 24.9. The lowest BCUT2D eigenvalue weighted by atomic mass is 10.1. The topological polar surface area (TPSA) is 101 Å². The van der Waals surface area contributed by atoms with Gasteiger partial charge in [-0.15, -0.1) is 0 Å². The Bertz CT molecular complexity index is 1140. The molecule has 3 aromatic rings. The van der Waals surface area contributed by atoms with Crippen LogP contribution in [0.4, 0.5) is 5.69 Å². The van der Waals surface area contributed by atoms with Gasteiger partial charge in [-0.25, -0.2) is 4.68 Å². The van der Waals surface area contributed by atoms with Crippen LogP contribution in [0.2, 0.25) is 0 Å². The zero-order valence-electron chi connectivity index (χ0n) is 17.7. The van der Waals surface area contributed by atoms with E-state index >= 15 is 0 Å². The van der Waals surface area contributed by atoms with Crippen LogP contribution in [0.15, 0.2) is 53.3 Å². The van der Waals surface area contributed by atoms with Gasteiger partial charge in [-0.05, 0) is 36.4 Å². The van der Waals surface area contributed by atoms with Crippen LogP contribution in [-0.4, -0.2) is 44.1 Å². The zero-order valence-corrected chi connectivity index (χ0v) is 17.7. The fourth-order valence-corrected chi connectivity index (χ4v) is 2.96. The highest BCUT2D eigenvalue weighted by Gasteiger charge is 2.14. The van der Waals surface area contributed by atoms with Gasteiger partial charge in [0.2, 0.25) is 5.91 Å². The van der Waals surface area contributed by atoms with Crippen LogP contribution in [-0.2, 0) is 11.3 Å². The molecule has 0 aliphatic rings. The van der Waals surface area contributed by atoms with Crippen LogP contribution in [0.5, 0.6) is 23.0 Å². The van der Waals surface area contributed by atoms with Crippen molar-refractivity contribution in [3.63, 3.8) is 0 Å². The van der Waals surface area contributed by atoms with Crippen molar-refractivity contribution < 1.29 is 23.7 Å². The Balaban J connectivity index is 1.88. The van der Waals surface area contributed by atoms with Crippen molar-refractivity contribution in [2.45, 2.75) is 6.54 Å². The van der Waals surface area contributed by atoms with Crippen molar-refractivity contribution >= 4 is 11.6 Å². The maximum Gasteiger partial charge on any atom is 0.267 e. The van der Waals surface area contributed by atoms with Gasteiger partial charge in [0.05, 0.1) is 39.8 Å². The number of aromatic nitrogens is 2. The molecule has 31 heavy (non-hydrogen) atoms. The molecule has 0 aliphatic heterocycles. The quantitative estimate of drug-likeness (QED) is 0.592. The van der Waals surface area contributed by atoms with E-state index in [1.807, 2.05) is 0 Å². The van der Waals surface area contributed by atoms with Crippen LogP contribution < -0.4 is 29.8 Å². The number of rotatable bonds is 8. The molecule has 1 aromatic heterocycles. The lowest BCUT2D eigenvalue weighted by Gasteiger charge is -2.13. The predicted molar refractivity (Wildman–Crippen MR) is 115 cm³/mol. The molecule has 0 aliphatic carbocycles. The van der Waals surface area contributed by atoms with Crippen molar-refractivity contribution in [2.75, 3.05) is 33.8 Å². The van der Waals surface area contributed by atoms with E-state index in [-0.39, 0.29) is 6.54 Å². The summed E-state index contributed by atoms with van der Waals surface area (Å²) in [6.07, 6.45) is 0. The summed E-state index contributed by atoms with van der Waals surface area (Å²) in [6, 6.07) is 13.2. The smallest absolute Gasteiger partial charge is 0.267 e. The molecule has 0 bridgehead atoms. The van der Waals surface area contributed by atoms with Crippen molar-refractivity contribution in [3.8, 4) is 34.3 Å². The van der Waals surface area contributed by atoms with E-state index < -0.39 is 11.5 Å². The third kappa shape index (κ3) is 4.95. The maximum absolute atomic E-state index is 12.6. The first kappa shape index (κ1) is 21.7. The molecule has 1 N–H and O–H groups in total. The van der Waals surface area contributed by atoms with Gasteiger partial charge in [-0.1, -0.05) is 0 Å². The highest BCUT2D eigenvalue weighted by Crippen LogP contribution is 2.32. The van der Waals surface area contributed by atoms with Crippen LogP contribution in [0.3, 0.4) is 0 Å². The SMILES string of the molecule is COc1ccc(OC)c(NC(=O)Cn2nc(-c3cc(OC)ccc3OC)ccc2=O)c1. The Morgan fingerprint density at radius 3 is 2.16 bits per heavy atom. The number of carbonyl (C=O) groups excluding carboxylic acids is 1. The van der Waals surface area contributed by atoms with Gasteiger partial charge in [0.25, 0.3) is 5.56 Å². The number of benzene rings is 2. The average molecular weight is 425 g/mol. The summed E-state index contributed by atoms with van der Waals surface area (Å²) < 4.78 is 22.2. The summed E-state index contributed by atoms with van der Waals surface area (Å²) in [6.45, 7) is -0.292. The predicted octanol–water partition coefficient (Wildman–Crippen LogP) is 2.58. The third-order valence-corrected chi connectivity index (χ3v) is 4.52. The Morgan fingerprint density at radius 1 is 0.871 bits per heavy atom. The molecule has 3 rings (SSSR count). The second-order valence-corrected chi connectivity index (χ2v) is 6.40. The molecule has 0 fully saturated rings. The minimum absolute atomic E-state index is 0.292. The second-order valence-electron chi connectivity index (χ2n) is 6.40.